The fourth-order valence-corrected chi connectivity index (χ4v) is 0.144. The van der Waals surface area contributed by atoms with Gasteiger partial charge in [-0.2, -0.15) is 0 Å². The molecule has 0 aromatic heterocycles. The molecule has 0 aliphatic rings. The van der Waals surface area contributed by atoms with Crippen molar-refractivity contribution in [1.29, 1.82) is 0 Å². The Morgan fingerprint density at radius 2 is 2.12 bits per heavy atom. The Morgan fingerprint density at radius 1 is 1.75 bits per heavy atom. The molecule has 0 saturated carbocycles. The average Bonchev–Trinajstić information content (AvgIpc) is 1.65. The summed E-state index contributed by atoms with van der Waals surface area (Å²) in [7, 11) is 0. The third kappa shape index (κ3) is 4.12. The first-order valence-corrected chi connectivity index (χ1v) is 2.07. The maximum atomic E-state index is 9.72. The van der Waals surface area contributed by atoms with Gasteiger partial charge in [0, 0.05) is 0 Å². The second kappa shape index (κ2) is 5.09. The predicted octanol–water partition coefficient (Wildman–Crippen LogP) is -0.300. The van der Waals surface area contributed by atoms with E-state index < -0.39 is 5.97 Å². The van der Waals surface area contributed by atoms with E-state index in [1.165, 1.54) is 0 Å². The van der Waals surface area contributed by atoms with Crippen LogP contribution in [0.4, 0.5) is 0 Å². The minimum atomic E-state index is -1.15. The molecule has 0 unspecified atom stereocenters. The van der Waals surface area contributed by atoms with E-state index in [0.717, 1.165) is 0 Å². The van der Waals surface area contributed by atoms with Crippen molar-refractivity contribution in [2.45, 2.75) is 13.3 Å². The molecule has 0 amide bonds. The second-order valence-electron chi connectivity index (χ2n) is 1.24. The first kappa shape index (κ1) is 10.8. The van der Waals surface area contributed by atoms with Crippen molar-refractivity contribution in [2.24, 2.45) is 0 Å². The number of aliphatic carboxylic acids is 1. The molecule has 0 saturated heterocycles. The maximum Gasteiger partial charge on any atom is 1.00 e. The maximum absolute atomic E-state index is 9.72. The van der Waals surface area contributed by atoms with Gasteiger partial charge >= 0.3 is 22.4 Å². The van der Waals surface area contributed by atoms with Crippen molar-refractivity contribution in [2.75, 3.05) is 0 Å². The summed E-state index contributed by atoms with van der Waals surface area (Å²) in [5.74, 6) is -1.15. The molecule has 0 aliphatic carbocycles. The molecule has 0 N–H and O–H groups in total. The van der Waals surface area contributed by atoms with Gasteiger partial charge in [-0.1, -0.05) is 13.5 Å². The Hall–Kier alpha value is -0.0497. The van der Waals surface area contributed by atoms with E-state index in [1.807, 2.05) is 0 Å². The van der Waals surface area contributed by atoms with Crippen LogP contribution in [-0.4, -0.2) is 5.97 Å². The summed E-state index contributed by atoms with van der Waals surface area (Å²) in [5.41, 5.74) is 0.153. The van der Waals surface area contributed by atoms with E-state index in [2.05, 4.69) is 6.58 Å². The summed E-state index contributed by atoms with van der Waals surface area (Å²) in [6.45, 7) is 4.93. The zero-order chi connectivity index (χ0) is 5.86. The van der Waals surface area contributed by atoms with Gasteiger partial charge in [-0.3, -0.25) is 0 Å². The molecule has 50 valence electrons. The molecule has 0 aromatic rings. The molecule has 0 aromatic carbocycles. The number of carboxylic acid groups (broad SMARTS) is 1. The first-order valence-electron chi connectivity index (χ1n) is 2.07. The van der Waals surface area contributed by atoms with Crippen molar-refractivity contribution in [3.8, 4) is 0 Å². The summed E-state index contributed by atoms with van der Waals surface area (Å²) < 4.78 is 0. The van der Waals surface area contributed by atoms with Crippen molar-refractivity contribution in [3.63, 3.8) is 0 Å². The Bertz CT molecular complexity index is 98.6. The van der Waals surface area contributed by atoms with Crippen molar-refractivity contribution < 1.29 is 32.3 Å². The van der Waals surface area contributed by atoms with Crippen molar-refractivity contribution in [3.05, 3.63) is 12.2 Å². The molecule has 8 heavy (non-hydrogen) atoms. The Kier molecular flexibility index (Phi) is 6.91. The van der Waals surface area contributed by atoms with Gasteiger partial charge in [0.05, 0.1) is 5.97 Å². The number of carboxylic acids is 1. The van der Waals surface area contributed by atoms with Crippen LogP contribution in [0.2, 0.25) is 0 Å². The van der Waals surface area contributed by atoms with E-state index in [0.29, 0.717) is 6.42 Å². The fourth-order valence-electron chi connectivity index (χ4n) is 0.144. The standard InChI is InChI=1S/C5H8O2.Ag/c1-3-4(2)5(6)7;/h2-3H2,1H3,(H,6,7);/q;+1/p-1. The molecule has 0 spiro atoms. The molecule has 0 bridgehead atoms. The van der Waals surface area contributed by atoms with E-state index in [1.54, 1.807) is 6.92 Å². The van der Waals surface area contributed by atoms with E-state index in [4.69, 9.17) is 0 Å². The Labute approximate surface area is 64.1 Å². The molecule has 3 heteroatoms. The topological polar surface area (TPSA) is 40.1 Å². The van der Waals surface area contributed by atoms with Gasteiger partial charge < -0.3 is 9.90 Å². The number of carbonyl (C=O) groups is 1. The van der Waals surface area contributed by atoms with Crippen LogP contribution in [0.3, 0.4) is 0 Å². The third-order valence-electron chi connectivity index (χ3n) is 0.715. The second-order valence-corrected chi connectivity index (χ2v) is 1.24. The first-order chi connectivity index (χ1) is 3.18. The largest absolute Gasteiger partial charge is 1.00 e. The van der Waals surface area contributed by atoms with Gasteiger partial charge in [-0.25, -0.2) is 0 Å². The molecule has 0 fully saturated rings. The van der Waals surface area contributed by atoms with E-state index in [-0.39, 0.29) is 28.0 Å². The molecule has 0 heterocycles. The van der Waals surface area contributed by atoms with Crippen molar-refractivity contribution in [1.82, 2.24) is 0 Å². The predicted molar refractivity (Wildman–Crippen MR) is 24.4 cm³/mol. The van der Waals surface area contributed by atoms with E-state index >= 15 is 0 Å². The number of hydrogen-bond acceptors (Lipinski definition) is 2. The zero-order valence-electron chi connectivity index (χ0n) is 4.53. The zero-order valence-corrected chi connectivity index (χ0v) is 6.01. The summed E-state index contributed by atoms with van der Waals surface area (Å²) >= 11 is 0. The molecule has 0 rings (SSSR count). The van der Waals surface area contributed by atoms with E-state index in [9.17, 15) is 9.90 Å². The number of carbonyl (C=O) groups excluding carboxylic acids is 1. The van der Waals surface area contributed by atoms with Crippen LogP contribution >= 0.6 is 0 Å². The summed E-state index contributed by atoms with van der Waals surface area (Å²) in [6, 6.07) is 0. The average molecular weight is 207 g/mol. The molecular weight excluding hydrogens is 200 g/mol. The molecular formula is C5H7AgO2. The number of hydrogen-bond donors (Lipinski definition) is 0. The van der Waals surface area contributed by atoms with Gasteiger partial charge in [0.2, 0.25) is 0 Å². The summed E-state index contributed by atoms with van der Waals surface area (Å²) in [5, 5.41) is 9.72. The SMILES string of the molecule is C=C(CC)C(=O)[O-].[Ag+]. The van der Waals surface area contributed by atoms with Crippen LogP contribution in [0.1, 0.15) is 13.3 Å². The van der Waals surface area contributed by atoms with Gasteiger partial charge in [-0.05, 0) is 12.0 Å². The monoisotopic (exact) mass is 206 g/mol. The number of rotatable bonds is 2. The smallest absolute Gasteiger partial charge is 0.545 e. The molecule has 0 aliphatic heterocycles. The molecule has 0 radical (unpaired) electrons. The molecule has 0 atom stereocenters. The van der Waals surface area contributed by atoms with Crippen LogP contribution in [-0.2, 0) is 27.2 Å². The Balaban J connectivity index is 0. The Morgan fingerprint density at radius 3 is 2.12 bits per heavy atom. The summed E-state index contributed by atoms with van der Waals surface area (Å²) in [6.07, 6.45) is 0.461. The van der Waals surface area contributed by atoms with Gasteiger partial charge in [0.25, 0.3) is 0 Å². The van der Waals surface area contributed by atoms with Crippen LogP contribution in [0.5, 0.6) is 0 Å². The van der Waals surface area contributed by atoms with Crippen molar-refractivity contribution >= 4 is 5.97 Å². The van der Waals surface area contributed by atoms with Crippen LogP contribution in [0.25, 0.3) is 0 Å². The van der Waals surface area contributed by atoms with Gasteiger partial charge in [0.1, 0.15) is 0 Å². The van der Waals surface area contributed by atoms with Crippen LogP contribution in [0, 0.1) is 0 Å². The third-order valence-corrected chi connectivity index (χ3v) is 0.715. The quantitative estimate of drug-likeness (QED) is 0.460. The molecule has 2 nitrogen and oxygen atoms in total. The minimum Gasteiger partial charge on any atom is -0.545 e. The summed E-state index contributed by atoms with van der Waals surface area (Å²) in [4.78, 5) is 9.72. The van der Waals surface area contributed by atoms with Gasteiger partial charge in [-0.15, -0.1) is 0 Å². The fraction of sp³-hybridized carbons (Fsp3) is 0.400. The van der Waals surface area contributed by atoms with Gasteiger partial charge in [0.15, 0.2) is 0 Å². The normalized spacial score (nSPS) is 7.12. The minimum absolute atomic E-state index is 0. The van der Waals surface area contributed by atoms with Crippen LogP contribution < -0.4 is 5.11 Å². The van der Waals surface area contributed by atoms with Crippen LogP contribution in [0.15, 0.2) is 12.2 Å².